The molecule has 0 aliphatic carbocycles. The predicted octanol–water partition coefficient (Wildman–Crippen LogP) is 2.93. The Bertz CT molecular complexity index is 657. The lowest BCUT2D eigenvalue weighted by Crippen LogP contribution is -2.16. The summed E-state index contributed by atoms with van der Waals surface area (Å²) >= 11 is 6.01. The molecule has 102 valence electrons. The number of ketones is 1. The smallest absolute Gasteiger partial charge is 0.167 e. The Balaban J connectivity index is 1.82. The monoisotopic (exact) mass is 289 g/mol. The number of benzene rings is 1. The summed E-state index contributed by atoms with van der Waals surface area (Å²) in [6.45, 7) is 1.04. The quantitative estimate of drug-likeness (QED) is 0.815. The van der Waals surface area contributed by atoms with Gasteiger partial charge in [0, 0.05) is 24.4 Å². The molecule has 1 aliphatic heterocycles. The van der Waals surface area contributed by atoms with Gasteiger partial charge in [0.15, 0.2) is 17.3 Å². The van der Waals surface area contributed by atoms with Crippen LogP contribution in [-0.4, -0.2) is 24.0 Å². The Kier molecular flexibility index (Phi) is 3.56. The first-order valence-corrected chi connectivity index (χ1v) is 6.63. The van der Waals surface area contributed by atoms with E-state index in [-0.39, 0.29) is 12.2 Å². The molecule has 0 bridgehead atoms. The second-order valence-corrected chi connectivity index (χ2v) is 4.83. The third kappa shape index (κ3) is 2.60. The number of nitrogens with zero attached hydrogens (tertiary/aromatic N) is 1. The van der Waals surface area contributed by atoms with E-state index in [1.807, 2.05) is 0 Å². The molecule has 0 atom stereocenters. The first-order valence-electron chi connectivity index (χ1n) is 6.25. The molecule has 3 rings (SSSR count). The first-order chi connectivity index (χ1) is 9.74. The van der Waals surface area contributed by atoms with Crippen LogP contribution in [0.4, 0.5) is 0 Å². The number of hydrogen-bond acceptors (Lipinski definition) is 4. The molecule has 5 heteroatoms. The Morgan fingerprint density at radius 1 is 1.20 bits per heavy atom. The number of pyridine rings is 1. The van der Waals surface area contributed by atoms with Gasteiger partial charge in [0.25, 0.3) is 0 Å². The Labute approximate surface area is 121 Å². The van der Waals surface area contributed by atoms with Crippen LogP contribution in [0.3, 0.4) is 0 Å². The number of fused-ring (bicyclic) bond motifs is 1. The predicted molar refractivity (Wildman–Crippen MR) is 74.7 cm³/mol. The van der Waals surface area contributed by atoms with Crippen molar-refractivity contribution in [2.45, 2.75) is 6.42 Å². The molecule has 2 heterocycles. The van der Waals surface area contributed by atoms with Gasteiger partial charge >= 0.3 is 0 Å². The summed E-state index contributed by atoms with van der Waals surface area (Å²) in [5.41, 5.74) is 1.35. The number of halogens is 1. The molecule has 1 aromatic heterocycles. The minimum absolute atomic E-state index is 0.0185. The van der Waals surface area contributed by atoms with Gasteiger partial charge in [0.2, 0.25) is 0 Å². The van der Waals surface area contributed by atoms with Crippen molar-refractivity contribution in [3.63, 3.8) is 0 Å². The van der Waals surface area contributed by atoms with Gasteiger partial charge in [-0.15, -0.1) is 0 Å². The zero-order chi connectivity index (χ0) is 13.9. The molecule has 0 fully saturated rings. The molecule has 1 aliphatic rings. The van der Waals surface area contributed by atoms with E-state index >= 15 is 0 Å². The molecule has 0 unspecified atom stereocenters. The normalized spacial score (nSPS) is 13.1. The zero-order valence-electron chi connectivity index (χ0n) is 10.6. The highest BCUT2D eigenvalue weighted by molar-refractivity contribution is 6.31. The van der Waals surface area contributed by atoms with Crippen LogP contribution in [0.25, 0.3) is 0 Å². The first kappa shape index (κ1) is 12.9. The maximum absolute atomic E-state index is 12.3. The zero-order valence-corrected chi connectivity index (χ0v) is 11.4. The SMILES string of the molecule is O=C(Cc1ccncc1Cl)c1ccc2c(c1)OCCO2. The number of aromatic nitrogens is 1. The third-order valence-corrected chi connectivity index (χ3v) is 3.41. The lowest BCUT2D eigenvalue weighted by molar-refractivity contribution is 0.0991. The summed E-state index contributed by atoms with van der Waals surface area (Å²) in [6, 6.07) is 6.96. The van der Waals surface area contributed by atoms with Crippen LogP contribution in [0.2, 0.25) is 5.02 Å². The van der Waals surface area contributed by atoms with Crippen molar-refractivity contribution in [2.75, 3.05) is 13.2 Å². The van der Waals surface area contributed by atoms with Crippen molar-refractivity contribution < 1.29 is 14.3 Å². The van der Waals surface area contributed by atoms with Crippen molar-refractivity contribution in [3.8, 4) is 11.5 Å². The fourth-order valence-corrected chi connectivity index (χ4v) is 2.23. The third-order valence-electron chi connectivity index (χ3n) is 3.07. The van der Waals surface area contributed by atoms with E-state index in [9.17, 15) is 4.79 Å². The van der Waals surface area contributed by atoms with Gasteiger partial charge in [-0.05, 0) is 29.8 Å². The number of rotatable bonds is 3. The second-order valence-electron chi connectivity index (χ2n) is 4.43. The number of Topliss-reactive ketones (excluding diaryl/α,β-unsaturated/α-hetero) is 1. The summed E-state index contributed by atoms with van der Waals surface area (Å²) in [7, 11) is 0. The van der Waals surface area contributed by atoms with E-state index in [1.165, 1.54) is 6.20 Å². The van der Waals surface area contributed by atoms with Crippen molar-refractivity contribution >= 4 is 17.4 Å². The van der Waals surface area contributed by atoms with E-state index in [2.05, 4.69) is 4.98 Å². The Hall–Kier alpha value is -2.07. The van der Waals surface area contributed by atoms with Crippen molar-refractivity contribution in [2.24, 2.45) is 0 Å². The number of hydrogen-bond donors (Lipinski definition) is 0. The molecule has 0 spiro atoms. The van der Waals surface area contributed by atoms with Gasteiger partial charge in [-0.3, -0.25) is 9.78 Å². The topological polar surface area (TPSA) is 48.4 Å². The number of carbonyl (C=O) groups is 1. The minimum atomic E-state index is -0.0185. The maximum atomic E-state index is 12.3. The number of carbonyl (C=O) groups excluding carboxylic acids is 1. The summed E-state index contributed by atoms with van der Waals surface area (Å²) in [4.78, 5) is 16.2. The van der Waals surface area contributed by atoms with E-state index in [4.69, 9.17) is 21.1 Å². The number of ether oxygens (including phenoxy) is 2. The highest BCUT2D eigenvalue weighted by atomic mass is 35.5. The lowest BCUT2D eigenvalue weighted by atomic mass is 10.0. The van der Waals surface area contributed by atoms with E-state index in [0.717, 1.165) is 5.56 Å². The average Bonchev–Trinajstić information content (AvgIpc) is 2.49. The van der Waals surface area contributed by atoms with Crippen molar-refractivity contribution in [1.82, 2.24) is 4.98 Å². The van der Waals surface area contributed by atoms with Gasteiger partial charge in [-0.25, -0.2) is 0 Å². The Morgan fingerprint density at radius 3 is 2.80 bits per heavy atom. The second kappa shape index (κ2) is 5.51. The van der Waals surface area contributed by atoms with Gasteiger partial charge in [0.05, 0.1) is 5.02 Å². The van der Waals surface area contributed by atoms with Crippen LogP contribution in [-0.2, 0) is 6.42 Å². The summed E-state index contributed by atoms with van der Waals surface area (Å²) in [5.74, 6) is 1.27. The van der Waals surface area contributed by atoms with Crippen LogP contribution in [0, 0.1) is 0 Å². The lowest BCUT2D eigenvalue weighted by Gasteiger charge is -2.18. The molecule has 0 radical (unpaired) electrons. The molecule has 0 amide bonds. The molecular formula is C15H12ClNO3. The largest absolute Gasteiger partial charge is 0.486 e. The highest BCUT2D eigenvalue weighted by Gasteiger charge is 2.15. The van der Waals surface area contributed by atoms with Gasteiger partial charge in [-0.2, -0.15) is 0 Å². The minimum Gasteiger partial charge on any atom is -0.486 e. The fraction of sp³-hybridized carbons (Fsp3) is 0.200. The molecule has 0 saturated heterocycles. The molecule has 20 heavy (non-hydrogen) atoms. The van der Waals surface area contributed by atoms with Crippen LogP contribution < -0.4 is 9.47 Å². The maximum Gasteiger partial charge on any atom is 0.167 e. The van der Waals surface area contributed by atoms with E-state index in [1.54, 1.807) is 30.5 Å². The van der Waals surface area contributed by atoms with Crippen molar-refractivity contribution in [3.05, 3.63) is 52.8 Å². The van der Waals surface area contributed by atoms with Crippen LogP contribution >= 0.6 is 11.6 Å². The summed E-state index contributed by atoms with van der Waals surface area (Å²) in [5, 5.41) is 0.499. The Morgan fingerprint density at radius 2 is 2.00 bits per heavy atom. The van der Waals surface area contributed by atoms with Gasteiger partial charge < -0.3 is 9.47 Å². The van der Waals surface area contributed by atoms with Crippen LogP contribution in [0.5, 0.6) is 11.5 Å². The van der Waals surface area contributed by atoms with Crippen LogP contribution in [0.15, 0.2) is 36.7 Å². The molecule has 0 saturated carbocycles. The molecular weight excluding hydrogens is 278 g/mol. The van der Waals surface area contributed by atoms with E-state index in [0.29, 0.717) is 35.3 Å². The van der Waals surface area contributed by atoms with E-state index < -0.39 is 0 Å². The molecule has 4 nitrogen and oxygen atoms in total. The standard InChI is InChI=1S/C15H12ClNO3/c16-12-9-17-4-3-10(12)7-13(18)11-1-2-14-15(8-11)20-6-5-19-14/h1-4,8-9H,5-7H2. The molecule has 0 N–H and O–H groups in total. The fourth-order valence-electron chi connectivity index (χ4n) is 2.04. The molecule has 1 aromatic carbocycles. The van der Waals surface area contributed by atoms with Crippen LogP contribution in [0.1, 0.15) is 15.9 Å². The highest BCUT2D eigenvalue weighted by Crippen LogP contribution is 2.31. The molecule has 2 aromatic rings. The average molecular weight is 290 g/mol. The van der Waals surface area contributed by atoms with Gasteiger partial charge in [0.1, 0.15) is 13.2 Å². The summed E-state index contributed by atoms with van der Waals surface area (Å²) in [6.07, 6.45) is 3.40. The summed E-state index contributed by atoms with van der Waals surface area (Å²) < 4.78 is 10.9. The van der Waals surface area contributed by atoms with Crippen molar-refractivity contribution in [1.29, 1.82) is 0 Å². The van der Waals surface area contributed by atoms with Gasteiger partial charge in [-0.1, -0.05) is 11.6 Å².